The number of anilines is 1. The summed E-state index contributed by atoms with van der Waals surface area (Å²) in [6, 6.07) is 8.55. The monoisotopic (exact) mass is 427 g/mol. The van der Waals surface area contributed by atoms with Gasteiger partial charge in [0.2, 0.25) is 10.0 Å². The van der Waals surface area contributed by atoms with Crippen molar-refractivity contribution in [1.82, 2.24) is 4.72 Å². The number of nitrogens with zero attached hydrogens (tertiary/aromatic N) is 1. The zero-order chi connectivity index (χ0) is 20.9. The van der Waals surface area contributed by atoms with E-state index >= 15 is 0 Å². The molecular weight excluding hydrogens is 414 g/mol. The molecule has 0 heterocycles. The van der Waals surface area contributed by atoms with E-state index in [0.717, 1.165) is 12.1 Å². The zero-order valence-electron chi connectivity index (χ0n) is 14.3. The summed E-state index contributed by atoms with van der Waals surface area (Å²) >= 11 is 5.87. The number of non-ortho nitro benzene ring substituents is 1. The van der Waals surface area contributed by atoms with Gasteiger partial charge in [0.1, 0.15) is 0 Å². The van der Waals surface area contributed by atoms with E-state index in [2.05, 4.69) is 10.0 Å². The summed E-state index contributed by atoms with van der Waals surface area (Å²) in [6.45, 7) is -0.707. The number of nitro groups is 1. The molecule has 2 aromatic rings. The Labute approximate surface area is 164 Å². The van der Waals surface area contributed by atoms with Crippen LogP contribution in [0.3, 0.4) is 0 Å². The molecule has 28 heavy (non-hydrogen) atoms. The molecule has 0 aliphatic rings. The number of ether oxygens (including phenoxy) is 1. The Morgan fingerprint density at radius 2 is 1.93 bits per heavy atom. The van der Waals surface area contributed by atoms with Gasteiger partial charge in [0.15, 0.2) is 6.61 Å². The number of esters is 1. The van der Waals surface area contributed by atoms with Crippen LogP contribution in [-0.4, -0.2) is 38.9 Å². The smallest absolute Gasteiger partial charge is 0.338 e. The average Bonchev–Trinajstić information content (AvgIpc) is 2.67. The highest BCUT2D eigenvalue weighted by atomic mass is 35.5. The molecule has 0 aliphatic carbocycles. The fourth-order valence-electron chi connectivity index (χ4n) is 2.03. The fraction of sp³-hybridized carbons (Fsp3) is 0.125. The molecule has 0 aromatic heterocycles. The molecule has 0 atom stereocenters. The van der Waals surface area contributed by atoms with E-state index < -0.39 is 33.4 Å². The summed E-state index contributed by atoms with van der Waals surface area (Å²) in [6.07, 6.45) is 0. The second-order valence-corrected chi connectivity index (χ2v) is 7.57. The van der Waals surface area contributed by atoms with Crippen molar-refractivity contribution in [2.75, 3.05) is 19.0 Å². The molecular formula is C16H14ClN3O7S. The van der Waals surface area contributed by atoms with Crippen LogP contribution in [0.2, 0.25) is 5.02 Å². The molecule has 1 amide bonds. The molecule has 2 N–H and O–H groups in total. The first-order chi connectivity index (χ1) is 13.1. The quantitative estimate of drug-likeness (QED) is 0.390. The lowest BCUT2D eigenvalue weighted by Gasteiger charge is -2.09. The van der Waals surface area contributed by atoms with Crippen molar-refractivity contribution in [3.8, 4) is 0 Å². The van der Waals surface area contributed by atoms with Gasteiger partial charge in [-0.05, 0) is 31.3 Å². The molecule has 0 saturated carbocycles. The van der Waals surface area contributed by atoms with Gasteiger partial charge in [-0.1, -0.05) is 17.7 Å². The summed E-state index contributed by atoms with van der Waals surface area (Å²) in [5.74, 6) is -1.71. The summed E-state index contributed by atoms with van der Waals surface area (Å²) < 4.78 is 30.5. The molecule has 148 valence electrons. The summed E-state index contributed by atoms with van der Waals surface area (Å²) in [5, 5.41) is 13.1. The van der Waals surface area contributed by atoms with Crippen molar-refractivity contribution in [2.24, 2.45) is 0 Å². The standard InChI is InChI=1S/C16H14ClN3O7S/c1-18-28(25,26)12-4-2-3-10(7-12)16(22)27-9-15(21)19-14-8-11(20(23)24)5-6-13(14)17/h2-8,18H,9H2,1H3,(H,19,21). The first kappa shape index (κ1) is 21.3. The SMILES string of the molecule is CNS(=O)(=O)c1cccc(C(=O)OCC(=O)Nc2cc([N+](=O)[O-])ccc2Cl)c1. The molecule has 10 nitrogen and oxygen atoms in total. The van der Waals surface area contributed by atoms with E-state index in [9.17, 15) is 28.1 Å². The van der Waals surface area contributed by atoms with E-state index in [4.69, 9.17) is 16.3 Å². The third-order valence-corrected chi connectivity index (χ3v) is 5.16. The molecule has 12 heteroatoms. The number of benzene rings is 2. The van der Waals surface area contributed by atoms with E-state index in [1.54, 1.807) is 0 Å². The minimum absolute atomic E-state index is 0.0148. The van der Waals surface area contributed by atoms with Crippen LogP contribution in [0.1, 0.15) is 10.4 Å². The van der Waals surface area contributed by atoms with Crippen molar-refractivity contribution in [2.45, 2.75) is 4.90 Å². The second-order valence-electron chi connectivity index (χ2n) is 5.28. The van der Waals surface area contributed by atoms with E-state index in [1.165, 1.54) is 37.4 Å². The summed E-state index contributed by atoms with van der Waals surface area (Å²) in [7, 11) is -2.52. The molecule has 0 spiro atoms. The highest BCUT2D eigenvalue weighted by molar-refractivity contribution is 7.89. The third kappa shape index (κ3) is 5.25. The Morgan fingerprint density at radius 1 is 1.21 bits per heavy atom. The van der Waals surface area contributed by atoms with E-state index in [1.807, 2.05) is 0 Å². The molecule has 0 saturated heterocycles. The molecule has 0 bridgehead atoms. The van der Waals surface area contributed by atoms with Crippen LogP contribution in [0, 0.1) is 10.1 Å². The first-order valence-corrected chi connectivity index (χ1v) is 9.44. The van der Waals surface area contributed by atoms with Crippen molar-refractivity contribution in [3.05, 3.63) is 63.2 Å². The maximum absolute atomic E-state index is 12.0. The Hall–Kier alpha value is -3.02. The Bertz CT molecular complexity index is 1040. The predicted molar refractivity (Wildman–Crippen MR) is 99.7 cm³/mol. The van der Waals surface area contributed by atoms with Crippen LogP contribution in [0.4, 0.5) is 11.4 Å². The number of carbonyl (C=O) groups is 2. The van der Waals surface area contributed by atoms with Gasteiger partial charge in [0.05, 0.1) is 26.1 Å². The maximum Gasteiger partial charge on any atom is 0.338 e. The lowest BCUT2D eigenvalue weighted by molar-refractivity contribution is -0.384. The Morgan fingerprint density at radius 3 is 2.57 bits per heavy atom. The van der Waals surface area contributed by atoms with Gasteiger partial charge >= 0.3 is 5.97 Å². The molecule has 2 aromatic carbocycles. The number of amides is 1. The number of rotatable bonds is 7. The van der Waals surface area contributed by atoms with Crippen LogP contribution in [-0.2, 0) is 19.6 Å². The van der Waals surface area contributed by atoms with E-state index in [0.29, 0.717) is 0 Å². The van der Waals surface area contributed by atoms with Crippen molar-refractivity contribution >= 4 is 44.9 Å². The second kappa shape index (κ2) is 8.78. The highest BCUT2D eigenvalue weighted by Gasteiger charge is 2.17. The summed E-state index contributed by atoms with van der Waals surface area (Å²) in [5.41, 5.74) is -0.365. The van der Waals surface area contributed by atoms with Crippen LogP contribution >= 0.6 is 11.6 Å². The van der Waals surface area contributed by atoms with Gasteiger partial charge in [-0.25, -0.2) is 17.9 Å². The highest BCUT2D eigenvalue weighted by Crippen LogP contribution is 2.26. The lowest BCUT2D eigenvalue weighted by atomic mass is 10.2. The van der Waals surface area contributed by atoms with Gasteiger partial charge in [-0.2, -0.15) is 0 Å². The zero-order valence-corrected chi connectivity index (χ0v) is 15.9. The van der Waals surface area contributed by atoms with Crippen LogP contribution in [0.25, 0.3) is 0 Å². The van der Waals surface area contributed by atoms with Gasteiger partial charge < -0.3 is 10.1 Å². The largest absolute Gasteiger partial charge is 0.452 e. The predicted octanol–water partition coefficient (Wildman–Crippen LogP) is 1.95. The van der Waals surface area contributed by atoms with Crippen molar-refractivity contribution in [3.63, 3.8) is 0 Å². The van der Waals surface area contributed by atoms with E-state index in [-0.39, 0.29) is 26.9 Å². The van der Waals surface area contributed by atoms with Crippen LogP contribution in [0.5, 0.6) is 0 Å². The average molecular weight is 428 g/mol. The van der Waals surface area contributed by atoms with Gasteiger partial charge in [-0.3, -0.25) is 14.9 Å². The molecule has 0 radical (unpaired) electrons. The number of nitro benzene ring substituents is 1. The molecule has 2 rings (SSSR count). The summed E-state index contributed by atoms with van der Waals surface area (Å²) in [4.78, 5) is 34.0. The van der Waals surface area contributed by atoms with Crippen LogP contribution < -0.4 is 10.0 Å². The normalized spacial score (nSPS) is 10.9. The Kier molecular flexibility index (Phi) is 6.67. The number of hydrogen-bond donors (Lipinski definition) is 2. The minimum atomic E-state index is -3.75. The Balaban J connectivity index is 2.04. The first-order valence-electron chi connectivity index (χ1n) is 7.58. The van der Waals surface area contributed by atoms with Gasteiger partial charge in [0, 0.05) is 12.1 Å². The molecule has 0 aliphatic heterocycles. The fourth-order valence-corrected chi connectivity index (χ4v) is 2.97. The lowest BCUT2D eigenvalue weighted by Crippen LogP contribution is -2.22. The molecule has 0 unspecified atom stereocenters. The van der Waals surface area contributed by atoms with Crippen LogP contribution in [0.15, 0.2) is 47.4 Å². The minimum Gasteiger partial charge on any atom is -0.452 e. The van der Waals surface area contributed by atoms with Gasteiger partial charge in [0.25, 0.3) is 11.6 Å². The molecule has 0 fully saturated rings. The number of sulfonamides is 1. The van der Waals surface area contributed by atoms with Crippen molar-refractivity contribution < 1.29 is 27.7 Å². The third-order valence-electron chi connectivity index (χ3n) is 3.42. The van der Waals surface area contributed by atoms with Crippen molar-refractivity contribution in [1.29, 1.82) is 0 Å². The topological polar surface area (TPSA) is 145 Å². The number of halogens is 1. The number of carbonyl (C=O) groups excluding carboxylic acids is 2. The maximum atomic E-state index is 12.0. The number of hydrogen-bond acceptors (Lipinski definition) is 7. The van der Waals surface area contributed by atoms with Gasteiger partial charge in [-0.15, -0.1) is 0 Å². The number of nitrogens with one attached hydrogen (secondary N) is 2.